The first-order valence-corrected chi connectivity index (χ1v) is 12.1. The Morgan fingerprint density at radius 3 is 1.97 bits per heavy atom. The number of piperazine rings is 1. The molecule has 5 rings (SSSR count). The average Bonchev–Trinajstić information content (AvgIpc) is 3.36. The van der Waals surface area contributed by atoms with E-state index >= 15 is 0 Å². The first-order valence-electron chi connectivity index (χ1n) is 10.9. The van der Waals surface area contributed by atoms with Gasteiger partial charge in [0.2, 0.25) is 0 Å². The van der Waals surface area contributed by atoms with Crippen LogP contribution in [0.25, 0.3) is 11.3 Å². The lowest BCUT2D eigenvalue weighted by Crippen LogP contribution is -2.49. The maximum Gasteiger partial charge on any atom is 0.267 e. The first-order chi connectivity index (χ1) is 16.2. The van der Waals surface area contributed by atoms with Gasteiger partial charge >= 0.3 is 0 Å². The largest absolute Gasteiger partial charge is 0.335 e. The lowest BCUT2D eigenvalue weighted by Gasteiger charge is -2.39. The normalized spacial score (nSPS) is 14.5. The van der Waals surface area contributed by atoms with Gasteiger partial charge in [0.15, 0.2) is 0 Å². The zero-order valence-electron chi connectivity index (χ0n) is 18.0. The summed E-state index contributed by atoms with van der Waals surface area (Å²) < 4.78 is 4.06. The van der Waals surface area contributed by atoms with Gasteiger partial charge in [-0.3, -0.25) is 9.69 Å². The van der Waals surface area contributed by atoms with Gasteiger partial charge in [-0.05, 0) is 34.8 Å². The Labute approximate surface area is 202 Å². The van der Waals surface area contributed by atoms with E-state index in [-0.39, 0.29) is 11.9 Å². The van der Waals surface area contributed by atoms with E-state index in [1.54, 1.807) is 12.1 Å². The molecular weight excluding hydrogens is 452 g/mol. The van der Waals surface area contributed by atoms with Crippen molar-refractivity contribution in [1.82, 2.24) is 19.4 Å². The van der Waals surface area contributed by atoms with E-state index in [1.165, 1.54) is 11.1 Å². The fraction of sp³-hybridized carbons (Fsp3) is 0.192. The lowest BCUT2D eigenvalue weighted by atomic mass is 9.96. The van der Waals surface area contributed by atoms with Gasteiger partial charge in [0, 0.05) is 36.8 Å². The molecule has 5 nitrogen and oxygen atoms in total. The lowest BCUT2D eigenvalue weighted by molar-refractivity contribution is 0.0602. The van der Waals surface area contributed by atoms with Crippen molar-refractivity contribution in [2.24, 2.45) is 0 Å². The maximum absolute atomic E-state index is 13.4. The van der Waals surface area contributed by atoms with Crippen LogP contribution in [-0.4, -0.2) is 51.5 Å². The summed E-state index contributed by atoms with van der Waals surface area (Å²) in [7, 11) is 0. The molecule has 0 aliphatic carbocycles. The number of benzene rings is 3. The third-order valence-corrected chi connectivity index (χ3v) is 6.96. The Hall–Kier alpha value is -3.06. The molecule has 4 aromatic rings. The molecule has 166 valence electrons. The van der Waals surface area contributed by atoms with Crippen LogP contribution in [0.15, 0.2) is 84.9 Å². The average molecular weight is 475 g/mol. The van der Waals surface area contributed by atoms with Crippen molar-refractivity contribution in [1.29, 1.82) is 0 Å². The van der Waals surface area contributed by atoms with Crippen LogP contribution in [0.5, 0.6) is 0 Å². The topological polar surface area (TPSA) is 49.3 Å². The number of nitrogens with zero attached hydrogens (tertiary/aromatic N) is 4. The third kappa shape index (κ3) is 4.69. The number of carbonyl (C=O) groups excluding carboxylic acids is 1. The standard InChI is InChI=1S/C26H23ClN4OS/c27-22-13-11-19(12-14-22)23-25(33-29-28-23)26(32)31-17-15-30(16-18-31)24(20-7-3-1-4-8-20)21-9-5-2-6-10-21/h1-14,24H,15-18H2. The summed E-state index contributed by atoms with van der Waals surface area (Å²) in [6.07, 6.45) is 0. The second kappa shape index (κ2) is 9.83. The Morgan fingerprint density at radius 1 is 0.818 bits per heavy atom. The zero-order valence-corrected chi connectivity index (χ0v) is 19.5. The molecule has 1 aliphatic rings. The van der Waals surface area contributed by atoms with Crippen LogP contribution in [0.4, 0.5) is 0 Å². The number of hydrogen-bond donors (Lipinski definition) is 0. The number of carbonyl (C=O) groups is 1. The number of aromatic nitrogens is 2. The fourth-order valence-corrected chi connectivity index (χ4v) is 5.12. The van der Waals surface area contributed by atoms with Gasteiger partial charge in [-0.15, -0.1) is 5.10 Å². The maximum atomic E-state index is 13.4. The molecule has 0 unspecified atom stereocenters. The van der Waals surface area contributed by atoms with Crippen LogP contribution in [0.2, 0.25) is 5.02 Å². The first kappa shape index (κ1) is 21.8. The Morgan fingerprint density at radius 2 is 1.39 bits per heavy atom. The van der Waals surface area contributed by atoms with Gasteiger partial charge in [-0.1, -0.05) is 88.9 Å². The molecule has 0 atom stereocenters. The van der Waals surface area contributed by atoms with Crippen LogP contribution < -0.4 is 0 Å². The van der Waals surface area contributed by atoms with Gasteiger partial charge in [0.1, 0.15) is 10.6 Å². The van der Waals surface area contributed by atoms with Crippen molar-refractivity contribution in [3.05, 3.63) is 106 Å². The Kier molecular flexibility index (Phi) is 6.48. The Bertz CT molecular complexity index is 1170. The molecule has 1 fully saturated rings. The third-order valence-electron chi connectivity index (χ3n) is 6.00. The highest BCUT2D eigenvalue weighted by Gasteiger charge is 2.30. The highest BCUT2D eigenvalue weighted by Crippen LogP contribution is 2.31. The minimum absolute atomic E-state index is 0.00873. The summed E-state index contributed by atoms with van der Waals surface area (Å²) in [5.41, 5.74) is 4.00. The van der Waals surface area contributed by atoms with Gasteiger partial charge < -0.3 is 4.90 Å². The molecule has 7 heteroatoms. The van der Waals surface area contributed by atoms with Crippen LogP contribution in [-0.2, 0) is 0 Å². The smallest absolute Gasteiger partial charge is 0.267 e. The van der Waals surface area contributed by atoms with E-state index < -0.39 is 0 Å². The monoisotopic (exact) mass is 474 g/mol. The van der Waals surface area contributed by atoms with Crippen molar-refractivity contribution in [2.75, 3.05) is 26.2 Å². The summed E-state index contributed by atoms with van der Waals surface area (Å²) in [6, 6.07) is 28.6. The highest BCUT2D eigenvalue weighted by atomic mass is 35.5. The van der Waals surface area contributed by atoms with Crippen molar-refractivity contribution >= 4 is 29.0 Å². The second-order valence-corrected chi connectivity index (χ2v) is 9.20. The predicted molar refractivity (Wildman–Crippen MR) is 133 cm³/mol. The number of hydrogen-bond acceptors (Lipinski definition) is 5. The predicted octanol–water partition coefficient (Wildman–Crippen LogP) is 5.41. The molecule has 1 amide bonds. The quantitative estimate of drug-likeness (QED) is 0.388. The van der Waals surface area contributed by atoms with Crippen molar-refractivity contribution in [3.63, 3.8) is 0 Å². The summed E-state index contributed by atoms with van der Waals surface area (Å²) in [5.74, 6) is -0.00873. The molecule has 0 saturated carbocycles. The van der Waals surface area contributed by atoms with E-state index in [0.717, 1.165) is 30.2 Å². The van der Waals surface area contributed by atoms with E-state index in [9.17, 15) is 4.79 Å². The summed E-state index contributed by atoms with van der Waals surface area (Å²) in [5, 5.41) is 4.87. The molecule has 1 aliphatic heterocycles. The fourth-order valence-electron chi connectivity index (χ4n) is 4.34. The van der Waals surface area contributed by atoms with Crippen molar-refractivity contribution < 1.29 is 4.79 Å². The molecule has 0 N–H and O–H groups in total. The SMILES string of the molecule is O=C(c1snnc1-c1ccc(Cl)cc1)N1CCN(C(c2ccccc2)c2ccccc2)CC1. The number of halogens is 1. The zero-order chi connectivity index (χ0) is 22.6. The van der Waals surface area contributed by atoms with Gasteiger partial charge in [-0.25, -0.2) is 0 Å². The Balaban J connectivity index is 1.33. The molecular formula is C26H23ClN4OS. The van der Waals surface area contributed by atoms with Crippen LogP contribution in [0, 0.1) is 0 Å². The molecule has 0 spiro atoms. The minimum Gasteiger partial charge on any atom is -0.335 e. The van der Waals surface area contributed by atoms with E-state index in [2.05, 4.69) is 63.0 Å². The van der Waals surface area contributed by atoms with Crippen LogP contribution in [0.1, 0.15) is 26.8 Å². The van der Waals surface area contributed by atoms with Crippen molar-refractivity contribution in [3.8, 4) is 11.3 Å². The van der Waals surface area contributed by atoms with Crippen molar-refractivity contribution in [2.45, 2.75) is 6.04 Å². The molecule has 0 bridgehead atoms. The number of amides is 1. The summed E-state index contributed by atoms with van der Waals surface area (Å²) in [4.78, 5) is 18.3. The van der Waals surface area contributed by atoms with Crippen LogP contribution in [0.3, 0.4) is 0 Å². The van der Waals surface area contributed by atoms with E-state index in [0.29, 0.717) is 28.7 Å². The molecule has 33 heavy (non-hydrogen) atoms. The second-order valence-electron chi connectivity index (χ2n) is 8.01. The van der Waals surface area contributed by atoms with E-state index in [1.807, 2.05) is 29.2 Å². The van der Waals surface area contributed by atoms with Gasteiger partial charge in [0.25, 0.3) is 5.91 Å². The summed E-state index contributed by atoms with van der Waals surface area (Å²) in [6.45, 7) is 2.91. The van der Waals surface area contributed by atoms with E-state index in [4.69, 9.17) is 11.6 Å². The molecule has 1 saturated heterocycles. The molecule has 3 aromatic carbocycles. The number of rotatable bonds is 5. The summed E-state index contributed by atoms with van der Waals surface area (Å²) >= 11 is 7.16. The van der Waals surface area contributed by atoms with Gasteiger partial charge in [0.05, 0.1) is 6.04 Å². The van der Waals surface area contributed by atoms with Crippen LogP contribution >= 0.6 is 23.1 Å². The minimum atomic E-state index is -0.00873. The highest BCUT2D eigenvalue weighted by molar-refractivity contribution is 7.08. The van der Waals surface area contributed by atoms with Gasteiger partial charge in [-0.2, -0.15) is 0 Å². The molecule has 2 heterocycles. The molecule has 0 radical (unpaired) electrons. The molecule has 1 aromatic heterocycles.